The van der Waals surface area contributed by atoms with Crippen LogP contribution in [0.2, 0.25) is 10.0 Å². The Labute approximate surface area is 152 Å². The Morgan fingerprint density at radius 2 is 1.75 bits per heavy atom. The molecule has 1 N–H and O–H groups in total. The Balaban J connectivity index is 2.10. The molecule has 1 amide bonds. The number of aromatic nitrogens is 2. The maximum atomic E-state index is 12.3. The van der Waals surface area contributed by atoms with E-state index in [0.29, 0.717) is 27.2 Å². The molecule has 0 saturated carbocycles. The van der Waals surface area contributed by atoms with Crippen molar-refractivity contribution in [3.8, 4) is 0 Å². The average molecular weight is 367 g/mol. The molecule has 2 aromatic rings. The smallest absolute Gasteiger partial charge is 0.258 e. The minimum Gasteiger partial charge on any atom is -0.341 e. The van der Waals surface area contributed by atoms with E-state index in [1.54, 1.807) is 18.2 Å². The average Bonchev–Trinajstić information content (AvgIpc) is 2.57. The molecule has 0 aliphatic heterocycles. The van der Waals surface area contributed by atoms with Gasteiger partial charge in [0.1, 0.15) is 0 Å². The maximum Gasteiger partial charge on any atom is 0.258 e. The van der Waals surface area contributed by atoms with Crippen molar-refractivity contribution in [2.24, 2.45) is 0 Å². The predicted octanol–water partition coefficient (Wildman–Crippen LogP) is 4.66. The number of carbonyl (C=O) groups is 1. The molecule has 1 aromatic carbocycles. The number of benzene rings is 1. The number of halogens is 2. The fourth-order valence-electron chi connectivity index (χ4n) is 2.24. The zero-order valence-electron chi connectivity index (χ0n) is 13.7. The van der Waals surface area contributed by atoms with Gasteiger partial charge < -0.3 is 10.2 Å². The summed E-state index contributed by atoms with van der Waals surface area (Å²) < 4.78 is 0. The van der Waals surface area contributed by atoms with Crippen LogP contribution >= 0.6 is 23.2 Å². The van der Waals surface area contributed by atoms with Crippen molar-refractivity contribution >= 4 is 40.7 Å². The Morgan fingerprint density at radius 3 is 2.29 bits per heavy atom. The van der Waals surface area contributed by atoms with E-state index in [1.807, 2.05) is 0 Å². The highest BCUT2D eigenvalue weighted by Gasteiger charge is 2.12. The molecular weight excluding hydrogens is 347 g/mol. The molecule has 24 heavy (non-hydrogen) atoms. The molecule has 0 atom stereocenters. The Kier molecular flexibility index (Phi) is 6.82. The molecule has 128 valence electrons. The topological polar surface area (TPSA) is 58.1 Å². The molecule has 0 aliphatic rings. The summed E-state index contributed by atoms with van der Waals surface area (Å²) >= 11 is 11.9. The van der Waals surface area contributed by atoms with E-state index < -0.39 is 0 Å². The lowest BCUT2D eigenvalue weighted by Gasteiger charge is -2.21. The van der Waals surface area contributed by atoms with Crippen molar-refractivity contribution in [1.82, 2.24) is 9.97 Å². The molecule has 0 spiro atoms. The van der Waals surface area contributed by atoms with Crippen LogP contribution in [0.25, 0.3) is 0 Å². The molecule has 0 aliphatic carbocycles. The van der Waals surface area contributed by atoms with Crippen LogP contribution in [-0.4, -0.2) is 29.0 Å². The highest BCUT2D eigenvalue weighted by molar-refractivity contribution is 6.36. The molecule has 1 aromatic heterocycles. The number of hydrogen-bond acceptors (Lipinski definition) is 4. The third kappa shape index (κ3) is 4.82. The van der Waals surface area contributed by atoms with Gasteiger partial charge in [-0.05, 0) is 31.0 Å². The third-order valence-electron chi connectivity index (χ3n) is 3.35. The van der Waals surface area contributed by atoms with Gasteiger partial charge in [0.05, 0.1) is 16.3 Å². The van der Waals surface area contributed by atoms with Crippen LogP contribution in [0.3, 0.4) is 0 Å². The summed E-state index contributed by atoms with van der Waals surface area (Å²) in [5.74, 6) is 0.322. The van der Waals surface area contributed by atoms with Gasteiger partial charge in [-0.1, -0.05) is 37.0 Å². The number of amides is 1. The second kappa shape index (κ2) is 8.85. The van der Waals surface area contributed by atoms with Gasteiger partial charge in [0, 0.05) is 30.5 Å². The van der Waals surface area contributed by atoms with E-state index in [9.17, 15) is 4.79 Å². The minimum absolute atomic E-state index is 0.316. The standard InChI is InChI=1S/C17H20Cl2N4O/c1-3-7-23(8-4-2)17-20-10-12(11-21-17)16(24)22-15-6-5-13(18)9-14(15)19/h5-6,9-11H,3-4,7-8H2,1-2H3,(H,22,24). The Morgan fingerprint density at radius 1 is 1.12 bits per heavy atom. The molecule has 7 heteroatoms. The Hall–Kier alpha value is -1.85. The second-order valence-corrected chi connectivity index (χ2v) is 6.18. The van der Waals surface area contributed by atoms with Crippen LogP contribution < -0.4 is 10.2 Å². The lowest BCUT2D eigenvalue weighted by molar-refractivity contribution is 0.102. The molecule has 0 radical (unpaired) electrons. The summed E-state index contributed by atoms with van der Waals surface area (Å²) in [5.41, 5.74) is 0.867. The second-order valence-electron chi connectivity index (χ2n) is 5.34. The SMILES string of the molecule is CCCN(CCC)c1ncc(C(=O)Nc2ccc(Cl)cc2Cl)cn1. The van der Waals surface area contributed by atoms with E-state index in [2.05, 4.69) is 34.0 Å². The monoisotopic (exact) mass is 366 g/mol. The molecule has 1 heterocycles. The van der Waals surface area contributed by atoms with Gasteiger partial charge in [0.2, 0.25) is 5.95 Å². The van der Waals surface area contributed by atoms with Gasteiger partial charge in [-0.2, -0.15) is 0 Å². The van der Waals surface area contributed by atoms with Gasteiger partial charge in [-0.25, -0.2) is 9.97 Å². The molecule has 0 saturated heterocycles. The van der Waals surface area contributed by atoms with Gasteiger partial charge in [-0.15, -0.1) is 0 Å². The lowest BCUT2D eigenvalue weighted by Crippen LogP contribution is -2.27. The highest BCUT2D eigenvalue weighted by Crippen LogP contribution is 2.25. The first kappa shape index (κ1) is 18.5. The van der Waals surface area contributed by atoms with Crippen molar-refractivity contribution in [3.63, 3.8) is 0 Å². The Bertz CT molecular complexity index is 685. The quantitative estimate of drug-likeness (QED) is 0.773. The molecule has 0 unspecified atom stereocenters. The number of nitrogens with one attached hydrogen (secondary N) is 1. The fraction of sp³-hybridized carbons (Fsp3) is 0.353. The van der Waals surface area contributed by atoms with Crippen LogP contribution in [0.15, 0.2) is 30.6 Å². The predicted molar refractivity (Wildman–Crippen MR) is 99.2 cm³/mol. The van der Waals surface area contributed by atoms with Gasteiger partial charge in [-0.3, -0.25) is 4.79 Å². The van der Waals surface area contributed by atoms with E-state index in [1.165, 1.54) is 12.4 Å². The van der Waals surface area contributed by atoms with Crippen LogP contribution in [0.5, 0.6) is 0 Å². The van der Waals surface area contributed by atoms with Crippen molar-refractivity contribution in [3.05, 3.63) is 46.2 Å². The third-order valence-corrected chi connectivity index (χ3v) is 3.90. The first-order chi connectivity index (χ1) is 11.5. The molecule has 0 bridgehead atoms. The summed E-state index contributed by atoms with van der Waals surface area (Å²) in [4.78, 5) is 23.0. The summed E-state index contributed by atoms with van der Waals surface area (Å²) in [6.45, 7) is 6.00. The van der Waals surface area contributed by atoms with E-state index in [4.69, 9.17) is 23.2 Å². The van der Waals surface area contributed by atoms with Crippen molar-refractivity contribution in [1.29, 1.82) is 0 Å². The molecule has 0 fully saturated rings. The van der Waals surface area contributed by atoms with Crippen molar-refractivity contribution in [2.75, 3.05) is 23.3 Å². The zero-order chi connectivity index (χ0) is 17.5. The zero-order valence-corrected chi connectivity index (χ0v) is 15.2. The number of anilines is 2. The van der Waals surface area contributed by atoms with Crippen LogP contribution in [0, 0.1) is 0 Å². The molecule has 5 nitrogen and oxygen atoms in total. The summed E-state index contributed by atoms with van der Waals surface area (Å²) in [6, 6.07) is 4.89. The highest BCUT2D eigenvalue weighted by atomic mass is 35.5. The first-order valence-corrected chi connectivity index (χ1v) is 8.64. The maximum absolute atomic E-state index is 12.3. The van der Waals surface area contributed by atoms with Crippen LogP contribution in [0.4, 0.5) is 11.6 Å². The van der Waals surface area contributed by atoms with Gasteiger partial charge >= 0.3 is 0 Å². The summed E-state index contributed by atoms with van der Waals surface area (Å²) in [7, 11) is 0. The number of nitrogens with zero attached hydrogens (tertiary/aromatic N) is 3. The molecular formula is C17H20Cl2N4O. The summed E-state index contributed by atoms with van der Waals surface area (Å²) in [6.07, 6.45) is 5.08. The van der Waals surface area contributed by atoms with Crippen molar-refractivity contribution in [2.45, 2.75) is 26.7 Å². The normalized spacial score (nSPS) is 10.5. The first-order valence-electron chi connectivity index (χ1n) is 7.88. The number of rotatable bonds is 7. The summed E-state index contributed by atoms with van der Waals surface area (Å²) in [5, 5.41) is 3.62. The number of hydrogen-bond donors (Lipinski definition) is 1. The van der Waals surface area contributed by atoms with Crippen LogP contribution in [-0.2, 0) is 0 Å². The van der Waals surface area contributed by atoms with Crippen molar-refractivity contribution < 1.29 is 4.79 Å². The van der Waals surface area contributed by atoms with Gasteiger partial charge in [0.15, 0.2) is 0 Å². The lowest BCUT2D eigenvalue weighted by atomic mass is 10.2. The van der Waals surface area contributed by atoms with E-state index in [-0.39, 0.29) is 5.91 Å². The largest absolute Gasteiger partial charge is 0.341 e. The van der Waals surface area contributed by atoms with E-state index in [0.717, 1.165) is 25.9 Å². The van der Waals surface area contributed by atoms with Crippen LogP contribution in [0.1, 0.15) is 37.0 Å². The fourth-order valence-corrected chi connectivity index (χ4v) is 2.69. The van der Waals surface area contributed by atoms with E-state index >= 15 is 0 Å². The van der Waals surface area contributed by atoms with Gasteiger partial charge in [0.25, 0.3) is 5.91 Å². The minimum atomic E-state index is -0.316. The molecule has 2 rings (SSSR count). The number of carbonyl (C=O) groups excluding carboxylic acids is 1.